The fourth-order valence-electron chi connectivity index (χ4n) is 5.68. The number of fused-ring (bicyclic) bond motifs is 4. The lowest BCUT2D eigenvalue weighted by Crippen LogP contribution is -2.68. The average molecular weight is 524 g/mol. The molecular weight excluding hydrogens is 500 g/mol. The minimum absolute atomic E-state index is 0.0879. The molecule has 1 aliphatic carbocycles. The maximum atomic E-state index is 14.9. The number of aromatic amines is 1. The highest BCUT2D eigenvalue weighted by molar-refractivity contribution is 7.17. The number of carbonyl (C=O) groups excluding carboxylic acids is 3. The molecular formula is C23H24ClF2N5O3S. The standard InChI is InChI=1S/C23H24ClF2N5O3S/c24-15-10-35-17-7-16(30-18(15)17)22(34)31-13-3-4-14(23(25,26)8-13)19(31)21(33)29-12(9-27)6-11-2-1-5-28-20(11)32/h7,10-14,19,30H,1-6,8H2,(H,28,32)(H,29,33)/t11-,12+,13+,14+,19-/m0/s1. The van der Waals surface area contributed by atoms with Crippen LogP contribution in [0.2, 0.25) is 5.02 Å². The molecule has 3 amide bonds. The monoisotopic (exact) mass is 523 g/mol. The number of nitrogens with one attached hydrogen (secondary N) is 3. The van der Waals surface area contributed by atoms with E-state index in [-0.39, 0.29) is 24.4 Å². The molecule has 1 saturated carbocycles. The number of amides is 3. The second-order valence-electron chi connectivity index (χ2n) is 9.52. The van der Waals surface area contributed by atoms with E-state index in [0.29, 0.717) is 29.9 Å². The zero-order valence-corrected chi connectivity index (χ0v) is 20.2. The second kappa shape index (κ2) is 9.06. The molecule has 8 nitrogen and oxygen atoms in total. The van der Waals surface area contributed by atoms with Crippen LogP contribution in [0.25, 0.3) is 10.2 Å². The summed E-state index contributed by atoms with van der Waals surface area (Å²) in [5, 5.41) is 17.1. The molecule has 2 aromatic rings. The molecule has 0 unspecified atom stereocenters. The van der Waals surface area contributed by atoms with E-state index in [1.165, 1.54) is 16.2 Å². The van der Waals surface area contributed by atoms with Crippen LogP contribution in [0.3, 0.4) is 0 Å². The predicted octanol–water partition coefficient (Wildman–Crippen LogP) is 3.44. The lowest BCUT2D eigenvalue weighted by molar-refractivity contribution is -0.179. The van der Waals surface area contributed by atoms with Crippen LogP contribution < -0.4 is 10.6 Å². The van der Waals surface area contributed by atoms with E-state index in [2.05, 4.69) is 15.6 Å². The minimum atomic E-state index is -3.10. The molecule has 0 spiro atoms. The average Bonchev–Trinajstić information content (AvgIpc) is 3.40. The Morgan fingerprint density at radius 3 is 2.86 bits per heavy atom. The Hall–Kier alpha value is -2.71. The molecule has 4 aliphatic rings. The smallest absolute Gasteiger partial charge is 0.271 e. The zero-order valence-electron chi connectivity index (χ0n) is 18.7. The van der Waals surface area contributed by atoms with Crippen LogP contribution >= 0.6 is 22.9 Å². The molecule has 5 atom stereocenters. The molecule has 4 fully saturated rings. The Labute approximate surface area is 209 Å². The molecule has 6 rings (SSSR count). The van der Waals surface area contributed by atoms with Crippen LogP contribution in [0.15, 0.2) is 11.4 Å². The van der Waals surface area contributed by atoms with Gasteiger partial charge in [0, 0.05) is 30.3 Å². The van der Waals surface area contributed by atoms with Gasteiger partial charge in [-0.3, -0.25) is 14.4 Å². The van der Waals surface area contributed by atoms with Crippen LogP contribution in [-0.4, -0.2) is 58.2 Å². The quantitative estimate of drug-likeness (QED) is 0.556. The van der Waals surface area contributed by atoms with Crippen molar-refractivity contribution in [2.24, 2.45) is 11.8 Å². The SMILES string of the molecule is N#C[C@@H](C[C@@H]1CCCNC1=O)NC(=O)[C@@H]1[C@H]2CC[C@H](CC2(F)F)N1C(=O)c1cc2scc(Cl)c2[nH]1. The number of hydrogen-bond donors (Lipinski definition) is 3. The summed E-state index contributed by atoms with van der Waals surface area (Å²) in [4.78, 5) is 43.2. The van der Waals surface area contributed by atoms with E-state index in [1.807, 2.05) is 6.07 Å². The summed E-state index contributed by atoms with van der Waals surface area (Å²) < 4.78 is 30.6. The highest BCUT2D eigenvalue weighted by atomic mass is 35.5. The van der Waals surface area contributed by atoms with Crippen molar-refractivity contribution in [3.8, 4) is 6.07 Å². The van der Waals surface area contributed by atoms with Crippen LogP contribution in [0.4, 0.5) is 8.78 Å². The van der Waals surface area contributed by atoms with E-state index >= 15 is 0 Å². The number of aromatic nitrogens is 1. The molecule has 5 heterocycles. The Morgan fingerprint density at radius 2 is 2.17 bits per heavy atom. The first kappa shape index (κ1) is 24.0. The molecule has 3 N–H and O–H groups in total. The Morgan fingerprint density at radius 1 is 1.37 bits per heavy atom. The largest absolute Gasteiger partial charge is 0.356 e. The van der Waals surface area contributed by atoms with Crippen molar-refractivity contribution in [1.82, 2.24) is 20.5 Å². The summed E-state index contributed by atoms with van der Waals surface area (Å²) >= 11 is 7.50. The Kier molecular flexibility index (Phi) is 6.21. The summed E-state index contributed by atoms with van der Waals surface area (Å²) in [6.07, 6.45) is 1.41. The van der Waals surface area contributed by atoms with Crippen LogP contribution in [0.5, 0.6) is 0 Å². The molecule has 3 aliphatic heterocycles. The predicted molar refractivity (Wildman–Crippen MR) is 125 cm³/mol. The number of piperidine rings is 3. The summed E-state index contributed by atoms with van der Waals surface area (Å²) in [6.45, 7) is 0.567. The number of rotatable bonds is 5. The van der Waals surface area contributed by atoms with Crippen molar-refractivity contribution in [3.63, 3.8) is 0 Å². The second-order valence-corrected chi connectivity index (χ2v) is 10.8. The third-order valence-corrected chi connectivity index (χ3v) is 8.73. The van der Waals surface area contributed by atoms with Gasteiger partial charge in [-0.1, -0.05) is 11.6 Å². The van der Waals surface area contributed by atoms with Crippen molar-refractivity contribution in [1.29, 1.82) is 5.26 Å². The van der Waals surface area contributed by atoms with Crippen molar-refractivity contribution in [2.75, 3.05) is 6.54 Å². The van der Waals surface area contributed by atoms with Gasteiger partial charge < -0.3 is 20.5 Å². The first-order chi connectivity index (χ1) is 16.7. The zero-order chi connectivity index (χ0) is 24.9. The van der Waals surface area contributed by atoms with Crippen LogP contribution in [0.1, 0.15) is 49.0 Å². The van der Waals surface area contributed by atoms with Gasteiger partial charge >= 0.3 is 0 Å². The van der Waals surface area contributed by atoms with Crippen molar-refractivity contribution in [3.05, 3.63) is 22.2 Å². The number of halogens is 3. The molecule has 12 heteroatoms. The topological polar surface area (TPSA) is 118 Å². The molecule has 0 aromatic carbocycles. The molecule has 0 radical (unpaired) electrons. The fourth-order valence-corrected chi connectivity index (χ4v) is 6.83. The number of alkyl halides is 2. The molecule has 2 bridgehead atoms. The first-order valence-electron chi connectivity index (χ1n) is 11.6. The Bertz CT molecular complexity index is 1220. The molecule has 35 heavy (non-hydrogen) atoms. The van der Waals surface area contributed by atoms with E-state index in [1.54, 1.807) is 11.4 Å². The summed E-state index contributed by atoms with van der Waals surface area (Å²) in [6, 6.07) is 0.338. The summed E-state index contributed by atoms with van der Waals surface area (Å²) in [5.41, 5.74) is 0.766. The normalized spacial score (nSPS) is 28.4. The van der Waals surface area contributed by atoms with Crippen molar-refractivity contribution < 1.29 is 23.2 Å². The minimum Gasteiger partial charge on any atom is -0.356 e. The molecule has 2 aromatic heterocycles. The van der Waals surface area contributed by atoms with Gasteiger partial charge in [0.2, 0.25) is 11.8 Å². The third kappa shape index (κ3) is 4.27. The maximum absolute atomic E-state index is 14.9. The summed E-state index contributed by atoms with van der Waals surface area (Å²) in [5.74, 6) is -6.42. The van der Waals surface area contributed by atoms with Crippen molar-refractivity contribution in [2.45, 2.75) is 62.6 Å². The number of H-pyrrole nitrogens is 1. The first-order valence-corrected chi connectivity index (χ1v) is 12.9. The van der Waals surface area contributed by atoms with E-state index < -0.39 is 54.1 Å². The molecule has 186 valence electrons. The third-order valence-electron chi connectivity index (χ3n) is 7.37. The maximum Gasteiger partial charge on any atom is 0.271 e. The Balaban J connectivity index is 1.40. The van der Waals surface area contributed by atoms with E-state index in [4.69, 9.17) is 11.6 Å². The van der Waals surface area contributed by atoms with Crippen LogP contribution in [-0.2, 0) is 9.59 Å². The lowest BCUT2D eigenvalue weighted by atomic mass is 9.71. The van der Waals surface area contributed by atoms with Gasteiger partial charge in [-0.15, -0.1) is 11.3 Å². The van der Waals surface area contributed by atoms with Gasteiger partial charge in [0.15, 0.2) is 0 Å². The van der Waals surface area contributed by atoms with Gasteiger partial charge in [0.05, 0.1) is 27.2 Å². The van der Waals surface area contributed by atoms with Gasteiger partial charge in [0.1, 0.15) is 17.8 Å². The highest BCUT2D eigenvalue weighted by Crippen LogP contribution is 2.49. The van der Waals surface area contributed by atoms with Gasteiger partial charge in [-0.2, -0.15) is 5.26 Å². The van der Waals surface area contributed by atoms with E-state index in [9.17, 15) is 28.4 Å². The lowest BCUT2D eigenvalue weighted by Gasteiger charge is -2.53. The van der Waals surface area contributed by atoms with E-state index in [0.717, 1.165) is 11.1 Å². The van der Waals surface area contributed by atoms with Gasteiger partial charge in [-0.25, -0.2) is 8.78 Å². The number of nitriles is 1. The number of nitrogens with zero attached hydrogens (tertiary/aromatic N) is 2. The summed E-state index contributed by atoms with van der Waals surface area (Å²) in [7, 11) is 0. The fraction of sp³-hybridized carbons (Fsp3) is 0.565. The van der Waals surface area contributed by atoms with Gasteiger partial charge in [0.25, 0.3) is 11.8 Å². The number of thiophene rings is 1. The molecule has 3 saturated heterocycles. The van der Waals surface area contributed by atoms with Crippen molar-refractivity contribution >= 4 is 50.9 Å². The highest BCUT2D eigenvalue weighted by Gasteiger charge is 2.60. The van der Waals surface area contributed by atoms with Gasteiger partial charge in [-0.05, 0) is 38.2 Å². The van der Waals surface area contributed by atoms with Crippen LogP contribution in [0, 0.1) is 23.2 Å². The number of carbonyl (C=O) groups is 3. The number of hydrogen-bond acceptors (Lipinski definition) is 5.